The molecule has 0 aromatic rings. The van der Waals surface area contributed by atoms with E-state index in [-0.39, 0.29) is 0 Å². The number of unbranched alkanes of at least 4 members (excludes halogenated alkanes) is 2. The molecule has 0 aromatic heterocycles. The van der Waals surface area contributed by atoms with Crippen LogP contribution in [0.5, 0.6) is 0 Å². The Labute approximate surface area is 161 Å². The molecule has 1 aliphatic heterocycles. The van der Waals surface area contributed by atoms with Crippen molar-refractivity contribution >= 4 is 6.09 Å². The van der Waals surface area contributed by atoms with E-state index in [1.54, 1.807) is 0 Å². The Kier molecular flexibility index (Phi) is 8.72. The number of likely N-dealkylation sites (tertiary alicyclic amines) is 1. The fourth-order valence-electron chi connectivity index (χ4n) is 5.31. The molecular formula is C22H42N2O2. The molecule has 1 aliphatic carbocycles. The van der Waals surface area contributed by atoms with Crippen molar-refractivity contribution in [1.29, 1.82) is 0 Å². The largest absolute Gasteiger partial charge is 0.444 e. The van der Waals surface area contributed by atoms with Crippen molar-refractivity contribution in [3.63, 3.8) is 0 Å². The van der Waals surface area contributed by atoms with Crippen LogP contribution in [0.1, 0.15) is 91.4 Å². The molecule has 0 radical (unpaired) electrons. The van der Waals surface area contributed by atoms with Crippen molar-refractivity contribution in [3.05, 3.63) is 0 Å². The number of carbonyl (C=O) groups is 1. The van der Waals surface area contributed by atoms with Crippen molar-refractivity contribution in [2.24, 2.45) is 23.5 Å². The van der Waals surface area contributed by atoms with Crippen LogP contribution in [0, 0.1) is 17.8 Å². The fraction of sp³-hybridized carbons (Fsp3) is 0.955. The lowest BCUT2D eigenvalue weighted by atomic mass is 9.74. The first-order chi connectivity index (χ1) is 12.4. The first-order valence-corrected chi connectivity index (χ1v) is 11.1. The Balaban J connectivity index is 1.85. The molecule has 1 amide bonds. The minimum atomic E-state index is -0.645. The highest BCUT2D eigenvalue weighted by Gasteiger charge is 2.34. The lowest BCUT2D eigenvalue weighted by Gasteiger charge is -2.41. The van der Waals surface area contributed by atoms with E-state index >= 15 is 0 Å². The van der Waals surface area contributed by atoms with Gasteiger partial charge in [-0.15, -0.1) is 0 Å². The van der Waals surface area contributed by atoms with Gasteiger partial charge >= 0.3 is 6.09 Å². The first kappa shape index (κ1) is 21.5. The molecule has 0 bridgehead atoms. The van der Waals surface area contributed by atoms with E-state index in [2.05, 4.69) is 11.8 Å². The van der Waals surface area contributed by atoms with E-state index in [9.17, 15) is 4.79 Å². The molecule has 3 atom stereocenters. The molecule has 4 heteroatoms. The van der Waals surface area contributed by atoms with Gasteiger partial charge in [0.05, 0.1) is 0 Å². The summed E-state index contributed by atoms with van der Waals surface area (Å²) in [6.07, 6.45) is 13.9. The highest BCUT2D eigenvalue weighted by atomic mass is 16.6. The minimum absolute atomic E-state index is 0.448. The molecule has 152 valence electrons. The fourth-order valence-corrected chi connectivity index (χ4v) is 5.31. The Hall–Kier alpha value is -0.770. The number of rotatable bonds is 9. The van der Waals surface area contributed by atoms with Crippen molar-refractivity contribution in [2.75, 3.05) is 19.6 Å². The average Bonchev–Trinajstić information content (AvgIpc) is 2.56. The van der Waals surface area contributed by atoms with E-state index in [4.69, 9.17) is 10.5 Å². The molecule has 0 spiro atoms. The summed E-state index contributed by atoms with van der Waals surface area (Å²) in [5.41, 5.74) is 4.82. The van der Waals surface area contributed by atoms with Crippen LogP contribution in [-0.2, 0) is 4.74 Å². The third kappa shape index (κ3) is 7.46. The zero-order valence-corrected chi connectivity index (χ0v) is 17.5. The van der Waals surface area contributed by atoms with Crippen molar-refractivity contribution in [2.45, 2.75) is 97.0 Å². The average molecular weight is 367 g/mol. The van der Waals surface area contributed by atoms with Crippen LogP contribution < -0.4 is 5.73 Å². The number of ether oxygens (including phenoxy) is 1. The molecule has 1 heterocycles. The third-order valence-electron chi connectivity index (χ3n) is 6.51. The second kappa shape index (κ2) is 10.5. The lowest BCUT2D eigenvalue weighted by molar-refractivity contribution is 0.00569. The van der Waals surface area contributed by atoms with Gasteiger partial charge in [-0.3, -0.25) is 0 Å². The van der Waals surface area contributed by atoms with Gasteiger partial charge < -0.3 is 15.4 Å². The van der Waals surface area contributed by atoms with E-state index in [1.165, 1.54) is 83.8 Å². The number of hydrogen-bond donors (Lipinski definition) is 1. The van der Waals surface area contributed by atoms with Crippen molar-refractivity contribution < 1.29 is 9.53 Å². The van der Waals surface area contributed by atoms with Gasteiger partial charge in [-0.2, -0.15) is 0 Å². The van der Waals surface area contributed by atoms with Crippen LogP contribution in [0.2, 0.25) is 0 Å². The van der Waals surface area contributed by atoms with E-state index in [0.29, 0.717) is 5.92 Å². The molecule has 1 saturated heterocycles. The summed E-state index contributed by atoms with van der Waals surface area (Å²) in [7, 11) is 0. The van der Waals surface area contributed by atoms with Gasteiger partial charge in [-0.05, 0) is 76.7 Å². The standard InChI is InChI=1S/C22H42N2O2/c1-4-5-6-10-18-11-9-14-24(16-18)17-20-13-8-7-12-19(20)15-22(2,3)26-21(23)25/h18-20H,4-17H2,1-3H3,(H2,23,25)/t18?,19-,20-/m0/s1. The summed E-state index contributed by atoms with van der Waals surface area (Å²) in [6.45, 7) is 10.1. The van der Waals surface area contributed by atoms with Crippen LogP contribution in [0.15, 0.2) is 0 Å². The van der Waals surface area contributed by atoms with Crippen molar-refractivity contribution in [1.82, 2.24) is 4.90 Å². The van der Waals surface area contributed by atoms with Gasteiger partial charge in [-0.1, -0.05) is 39.0 Å². The summed E-state index contributed by atoms with van der Waals surface area (Å²) in [4.78, 5) is 13.9. The quantitative estimate of drug-likeness (QED) is 0.560. The predicted molar refractivity (Wildman–Crippen MR) is 108 cm³/mol. The summed E-state index contributed by atoms with van der Waals surface area (Å²) < 4.78 is 5.38. The number of amides is 1. The molecule has 0 aromatic carbocycles. The van der Waals surface area contributed by atoms with Gasteiger partial charge in [-0.25, -0.2) is 4.79 Å². The maximum atomic E-state index is 11.2. The zero-order valence-electron chi connectivity index (χ0n) is 17.5. The monoisotopic (exact) mass is 366 g/mol. The summed E-state index contributed by atoms with van der Waals surface area (Å²) in [5, 5.41) is 0. The number of primary amides is 1. The molecule has 1 saturated carbocycles. The van der Waals surface area contributed by atoms with Gasteiger partial charge in [0.1, 0.15) is 5.60 Å². The smallest absolute Gasteiger partial charge is 0.405 e. The van der Waals surface area contributed by atoms with Gasteiger partial charge in [0.2, 0.25) is 0 Å². The molecular weight excluding hydrogens is 324 g/mol. The predicted octanol–water partition coefficient (Wildman–Crippen LogP) is 5.35. The number of piperidine rings is 1. The molecule has 2 rings (SSSR count). The van der Waals surface area contributed by atoms with Crippen LogP contribution in [0.25, 0.3) is 0 Å². The number of hydrogen-bond acceptors (Lipinski definition) is 3. The Morgan fingerprint density at radius 2 is 1.85 bits per heavy atom. The molecule has 26 heavy (non-hydrogen) atoms. The Morgan fingerprint density at radius 3 is 2.54 bits per heavy atom. The minimum Gasteiger partial charge on any atom is -0.444 e. The molecule has 2 fully saturated rings. The molecule has 1 unspecified atom stereocenters. The SMILES string of the molecule is CCCCCC1CCCN(C[C@@H]2CCCC[C@H]2CC(C)(C)OC(N)=O)C1. The summed E-state index contributed by atoms with van der Waals surface area (Å²) in [6, 6.07) is 0. The highest BCUT2D eigenvalue weighted by Crippen LogP contribution is 2.37. The zero-order chi connectivity index (χ0) is 19.0. The van der Waals surface area contributed by atoms with E-state index in [0.717, 1.165) is 18.3 Å². The Morgan fingerprint density at radius 1 is 1.12 bits per heavy atom. The highest BCUT2D eigenvalue weighted by molar-refractivity contribution is 5.65. The van der Waals surface area contributed by atoms with Crippen LogP contribution >= 0.6 is 0 Å². The van der Waals surface area contributed by atoms with Crippen LogP contribution in [0.3, 0.4) is 0 Å². The third-order valence-corrected chi connectivity index (χ3v) is 6.51. The van der Waals surface area contributed by atoms with E-state index < -0.39 is 11.7 Å². The number of nitrogens with two attached hydrogens (primary N) is 1. The van der Waals surface area contributed by atoms with Crippen LogP contribution in [0.4, 0.5) is 4.79 Å². The van der Waals surface area contributed by atoms with Gasteiger partial charge in [0, 0.05) is 13.1 Å². The Bertz CT molecular complexity index is 424. The maximum absolute atomic E-state index is 11.2. The second-order valence-corrected chi connectivity index (χ2v) is 9.45. The molecule has 2 N–H and O–H groups in total. The first-order valence-electron chi connectivity index (χ1n) is 11.1. The lowest BCUT2D eigenvalue weighted by Crippen LogP contribution is -2.42. The summed E-state index contributed by atoms with van der Waals surface area (Å²) in [5.74, 6) is 2.31. The normalized spacial score (nSPS) is 28.0. The van der Waals surface area contributed by atoms with E-state index in [1.807, 2.05) is 13.8 Å². The maximum Gasteiger partial charge on any atom is 0.405 e. The van der Waals surface area contributed by atoms with Crippen LogP contribution in [-0.4, -0.2) is 36.2 Å². The van der Waals surface area contributed by atoms with Gasteiger partial charge in [0.15, 0.2) is 0 Å². The summed E-state index contributed by atoms with van der Waals surface area (Å²) >= 11 is 0. The topological polar surface area (TPSA) is 55.6 Å². The second-order valence-electron chi connectivity index (χ2n) is 9.45. The molecule has 2 aliphatic rings. The number of carbonyl (C=O) groups excluding carboxylic acids is 1. The number of nitrogens with zero attached hydrogens (tertiary/aromatic N) is 1. The molecule has 4 nitrogen and oxygen atoms in total. The van der Waals surface area contributed by atoms with Crippen molar-refractivity contribution in [3.8, 4) is 0 Å². The van der Waals surface area contributed by atoms with Gasteiger partial charge in [0.25, 0.3) is 0 Å².